The Hall–Kier alpha value is -1.69. The third-order valence-corrected chi connectivity index (χ3v) is 3.10. The molecule has 1 aromatic heterocycles. The van der Waals surface area contributed by atoms with Gasteiger partial charge in [-0.2, -0.15) is 0 Å². The number of nitrogens with one attached hydrogen (secondary N) is 2. The number of amides is 1. The molecule has 1 amide bonds. The average Bonchev–Trinajstić information content (AvgIpc) is 2.66. The highest BCUT2D eigenvalue weighted by Crippen LogP contribution is 2.26. The topological polar surface area (TPSA) is 54.0 Å². The van der Waals surface area contributed by atoms with Crippen LogP contribution < -0.4 is 10.6 Å². The van der Waals surface area contributed by atoms with E-state index < -0.39 is 0 Å². The van der Waals surface area contributed by atoms with Gasteiger partial charge in [0, 0.05) is 20.0 Å². The third kappa shape index (κ3) is 3.13. The SMILES string of the molecule is CC(=O)NCCNc1nc2ccc(F)cc2s1. The highest BCUT2D eigenvalue weighted by atomic mass is 32.1. The van der Waals surface area contributed by atoms with Crippen molar-refractivity contribution in [1.82, 2.24) is 10.3 Å². The monoisotopic (exact) mass is 253 g/mol. The number of aromatic nitrogens is 1. The van der Waals surface area contributed by atoms with Gasteiger partial charge in [-0.3, -0.25) is 4.79 Å². The maximum Gasteiger partial charge on any atom is 0.216 e. The molecule has 0 atom stereocenters. The van der Waals surface area contributed by atoms with Gasteiger partial charge in [0.2, 0.25) is 5.91 Å². The summed E-state index contributed by atoms with van der Waals surface area (Å²) in [5.74, 6) is -0.316. The van der Waals surface area contributed by atoms with Crippen molar-refractivity contribution in [3.63, 3.8) is 0 Å². The fourth-order valence-electron chi connectivity index (χ4n) is 1.38. The molecule has 0 saturated carbocycles. The number of rotatable bonds is 4. The molecule has 0 fully saturated rings. The van der Waals surface area contributed by atoms with Crippen molar-refractivity contribution in [1.29, 1.82) is 0 Å². The lowest BCUT2D eigenvalue weighted by molar-refractivity contribution is -0.118. The first-order valence-electron chi connectivity index (χ1n) is 5.19. The number of nitrogens with zero attached hydrogens (tertiary/aromatic N) is 1. The highest BCUT2D eigenvalue weighted by molar-refractivity contribution is 7.22. The van der Waals surface area contributed by atoms with Crippen molar-refractivity contribution >= 4 is 32.6 Å². The van der Waals surface area contributed by atoms with Gasteiger partial charge in [0.25, 0.3) is 0 Å². The van der Waals surface area contributed by atoms with Crippen LogP contribution in [0.1, 0.15) is 6.92 Å². The minimum Gasteiger partial charge on any atom is -0.360 e. The number of anilines is 1. The molecule has 0 aliphatic heterocycles. The molecule has 0 spiro atoms. The zero-order chi connectivity index (χ0) is 12.3. The predicted molar refractivity (Wildman–Crippen MR) is 66.8 cm³/mol. The summed E-state index contributed by atoms with van der Waals surface area (Å²) < 4.78 is 13.8. The van der Waals surface area contributed by atoms with Gasteiger partial charge in [0.05, 0.1) is 10.2 Å². The molecular weight excluding hydrogens is 241 g/mol. The van der Waals surface area contributed by atoms with Gasteiger partial charge in [-0.1, -0.05) is 11.3 Å². The van der Waals surface area contributed by atoms with Crippen molar-refractivity contribution in [3.05, 3.63) is 24.0 Å². The third-order valence-electron chi connectivity index (χ3n) is 2.13. The molecule has 0 aliphatic rings. The molecule has 0 unspecified atom stereocenters. The fourth-order valence-corrected chi connectivity index (χ4v) is 2.30. The fraction of sp³-hybridized carbons (Fsp3) is 0.273. The van der Waals surface area contributed by atoms with E-state index in [0.29, 0.717) is 13.1 Å². The zero-order valence-electron chi connectivity index (χ0n) is 9.29. The summed E-state index contributed by atoms with van der Waals surface area (Å²) in [6, 6.07) is 4.51. The maximum absolute atomic E-state index is 13.0. The quantitative estimate of drug-likeness (QED) is 0.819. The Balaban J connectivity index is 1.97. The van der Waals surface area contributed by atoms with Gasteiger partial charge < -0.3 is 10.6 Å². The number of carbonyl (C=O) groups excluding carboxylic acids is 1. The molecule has 2 N–H and O–H groups in total. The standard InChI is InChI=1S/C11H12FN3OS/c1-7(16)13-4-5-14-11-15-9-3-2-8(12)6-10(9)17-11/h2-3,6H,4-5H2,1H3,(H,13,16)(H,14,15). The Morgan fingerprint density at radius 3 is 3.06 bits per heavy atom. The summed E-state index contributed by atoms with van der Waals surface area (Å²) in [5.41, 5.74) is 0.776. The Bertz CT molecular complexity index is 540. The molecule has 6 heteroatoms. The second kappa shape index (κ2) is 5.09. The Morgan fingerprint density at radius 2 is 2.29 bits per heavy atom. The molecule has 1 aromatic carbocycles. The molecule has 1 heterocycles. The van der Waals surface area contributed by atoms with Crippen molar-refractivity contribution < 1.29 is 9.18 Å². The summed E-state index contributed by atoms with van der Waals surface area (Å²) in [6.45, 7) is 2.61. The van der Waals surface area contributed by atoms with E-state index in [2.05, 4.69) is 15.6 Å². The van der Waals surface area contributed by atoms with Crippen LogP contribution in [0.2, 0.25) is 0 Å². The molecule has 0 aliphatic carbocycles. The van der Waals surface area contributed by atoms with Crippen LogP contribution in [0.3, 0.4) is 0 Å². The van der Waals surface area contributed by atoms with Crippen molar-refractivity contribution in [2.45, 2.75) is 6.92 Å². The first kappa shape index (κ1) is 11.8. The van der Waals surface area contributed by atoms with E-state index in [1.165, 1.54) is 30.4 Å². The first-order chi connectivity index (χ1) is 8.15. The molecule has 17 heavy (non-hydrogen) atoms. The van der Waals surface area contributed by atoms with Crippen LogP contribution in [0.4, 0.5) is 9.52 Å². The number of thiazole rings is 1. The molecule has 2 aromatic rings. The van der Waals surface area contributed by atoms with Gasteiger partial charge >= 0.3 is 0 Å². The van der Waals surface area contributed by atoms with E-state index in [0.717, 1.165) is 15.3 Å². The molecule has 0 saturated heterocycles. The number of halogens is 1. The normalized spacial score (nSPS) is 10.5. The van der Waals surface area contributed by atoms with E-state index in [9.17, 15) is 9.18 Å². The lowest BCUT2D eigenvalue weighted by Crippen LogP contribution is -2.26. The Morgan fingerprint density at radius 1 is 1.47 bits per heavy atom. The van der Waals surface area contributed by atoms with Crippen LogP contribution in [-0.2, 0) is 4.79 Å². The van der Waals surface area contributed by atoms with Crippen LogP contribution in [0.15, 0.2) is 18.2 Å². The molecular formula is C11H12FN3OS. The van der Waals surface area contributed by atoms with E-state index in [-0.39, 0.29) is 11.7 Å². The summed E-state index contributed by atoms with van der Waals surface area (Å²) >= 11 is 1.40. The summed E-state index contributed by atoms with van der Waals surface area (Å²) in [6.07, 6.45) is 0. The molecule has 2 rings (SSSR count). The van der Waals surface area contributed by atoms with Crippen molar-refractivity contribution in [2.24, 2.45) is 0 Å². The smallest absolute Gasteiger partial charge is 0.216 e. The maximum atomic E-state index is 13.0. The lowest BCUT2D eigenvalue weighted by atomic mass is 10.3. The van der Waals surface area contributed by atoms with Gasteiger partial charge in [-0.15, -0.1) is 0 Å². The molecule has 0 bridgehead atoms. The summed E-state index contributed by atoms with van der Waals surface area (Å²) in [4.78, 5) is 14.9. The van der Waals surface area contributed by atoms with E-state index in [1.807, 2.05) is 0 Å². The Labute approximate surface area is 102 Å². The Kier molecular flexibility index (Phi) is 3.53. The molecule has 90 valence electrons. The largest absolute Gasteiger partial charge is 0.360 e. The number of fused-ring (bicyclic) bond motifs is 1. The number of benzene rings is 1. The van der Waals surface area contributed by atoms with E-state index in [4.69, 9.17) is 0 Å². The zero-order valence-corrected chi connectivity index (χ0v) is 10.1. The second-order valence-corrected chi connectivity index (χ2v) is 4.57. The minimum absolute atomic E-state index is 0.0572. The van der Waals surface area contributed by atoms with Gasteiger partial charge in [-0.05, 0) is 18.2 Å². The van der Waals surface area contributed by atoms with Crippen molar-refractivity contribution in [3.8, 4) is 0 Å². The number of hydrogen-bond donors (Lipinski definition) is 2. The van der Waals surface area contributed by atoms with Crippen LogP contribution in [0.25, 0.3) is 10.2 Å². The van der Waals surface area contributed by atoms with E-state index in [1.54, 1.807) is 6.07 Å². The van der Waals surface area contributed by atoms with Gasteiger partial charge in [0.15, 0.2) is 5.13 Å². The summed E-state index contributed by atoms with van der Waals surface area (Å²) in [5, 5.41) is 6.49. The van der Waals surface area contributed by atoms with Crippen LogP contribution in [0.5, 0.6) is 0 Å². The highest BCUT2D eigenvalue weighted by Gasteiger charge is 2.03. The van der Waals surface area contributed by atoms with Crippen LogP contribution in [0, 0.1) is 5.82 Å². The number of carbonyl (C=O) groups is 1. The predicted octanol–water partition coefficient (Wildman–Crippen LogP) is 1.98. The van der Waals surface area contributed by atoms with Gasteiger partial charge in [-0.25, -0.2) is 9.37 Å². The van der Waals surface area contributed by atoms with Crippen LogP contribution in [-0.4, -0.2) is 24.0 Å². The minimum atomic E-state index is -0.258. The molecule has 0 radical (unpaired) electrons. The first-order valence-corrected chi connectivity index (χ1v) is 6.01. The van der Waals surface area contributed by atoms with Crippen LogP contribution >= 0.6 is 11.3 Å². The molecule has 4 nitrogen and oxygen atoms in total. The van der Waals surface area contributed by atoms with Gasteiger partial charge in [0.1, 0.15) is 5.82 Å². The number of hydrogen-bond acceptors (Lipinski definition) is 4. The summed E-state index contributed by atoms with van der Waals surface area (Å²) in [7, 11) is 0. The second-order valence-electron chi connectivity index (χ2n) is 3.54. The van der Waals surface area contributed by atoms with E-state index >= 15 is 0 Å². The average molecular weight is 253 g/mol. The lowest BCUT2D eigenvalue weighted by Gasteiger charge is -2.02. The van der Waals surface area contributed by atoms with Crippen molar-refractivity contribution in [2.75, 3.05) is 18.4 Å².